The van der Waals surface area contributed by atoms with Crippen molar-refractivity contribution in [2.75, 3.05) is 33.3 Å². The molecule has 0 bridgehead atoms. The summed E-state index contributed by atoms with van der Waals surface area (Å²) in [4.78, 5) is 32.9. The summed E-state index contributed by atoms with van der Waals surface area (Å²) >= 11 is 0. The first-order chi connectivity index (χ1) is 13.7. The molecule has 1 amide bonds. The number of hydrogen-bond donors (Lipinski definition) is 0. The Bertz CT molecular complexity index is 988. The second-order valence-electron chi connectivity index (χ2n) is 6.82. The Hall–Kier alpha value is -3.19. The third-order valence-corrected chi connectivity index (χ3v) is 5.09. The summed E-state index contributed by atoms with van der Waals surface area (Å²) in [6.07, 6.45) is 3.94. The van der Waals surface area contributed by atoms with Crippen LogP contribution in [-0.4, -0.2) is 64.3 Å². The van der Waals surface area contributed by atoms with Crippen LogP contribution in [0.4, 0.5) is 0 Å². The van der Waals surface area contributed by atoms with E-state index >= 15 is 0 Å². The number of amides is 1. The van der Waals surface area contributed by atoms with Crippen LogP contribution < -0.4 is 0 Å². The van der Waals surface area contributed by atoms with E-state index in [4.69, 9.17) is 0 Å². The molecule has 1 aromatic carbocycles. The van der Waals surface area contributed by atoms with Gasteiger partial charge in [-0.3, -0.25) is 9.69 Å². The Balaban J connectivity index is 1.36. The van der Waals surface area contributed by atoms with E-state index in [1.807, 2.05) is 35.5 Å². The van der Waals surface area contributed by atoms with Gasteiger partial charge in [0.15, 0.2) is 0 Å². The van der Waals surface area contributed by atoms with Crippen molar-refractivity contribution in [3.63, 3.8) is 0 Å². The van der Waals surface area contributed by atoms with Crippen molar-refractivity contribution < 1.29 is 14.3 Å². The minimum atomic E-state index is -0.403. The van der Waals surface area contributed by atoms with E-state index in [-0.39, 0.29) is 5.91 Å². The first kappa shape index (κ1) is 18.2. The van der Waals surface area contributed by atoms with E-state index in [1.165, 1.54) is 7.11 Å². The minimum Gasteiger partial charge on any atom is -0.465 e. The number of benzene rings is 1. The summed E-state index contributed by atoms with van der Waals surface area (Å²) in [5, 5.41) is 0. The molecule has 1 saturated heterocycles. The third-order valence-electron chi connectivity index (χ3n) is 5.09. The molecule has 7 heteroatoms. The Kier molecular flexibility index (Phi) is 5.08. The molecule has 1 aliphatic heterocycles. The number of nitrogens with zero attached hydrogens (tertiary/aromatic N) is 4. The van der Waals surface area contributed by atoms with E-state index in [9.17, 15) is 9.59 Å². The van der Waals surface area contributed by atoms with Gasteiger partial charge in [0.2, 0.25) is 0 Å². The smallest absolute Gasteiger partial charge is 0.337 e. The number of rotatable bonds is 4. The number of hydrogen-bond acceptors (Lipinski definition) is 5. The van der Waals surface area contributed by atoms with E-state index in [2.05, 4.69) is 19.0 Å². The van der Waals surface area contributed by atoms with Gasteiger partial charge in [0.1, 0.15) is 5.65 Å². The average molecular weight is 378 g/mol. The maximum Gasteiger partial charge on any atom is 0.337 e. The molecule has 4 rings (SSSR count). The summed E-state index contributed by atoms with van der Waals surface area (Å²) in [5.41, 5.74) is 3.12. The van der Waals surface area contributed by atoms with E-state index in [0.717, 1.165) is 31.0 Å². The van der Waals surface area contributed by atoms with Gasteiger partial charge in [0.25, 0.3) is 5.91 Å². The molecule has 0 aliphatic carbocycles. The highest BCUT2D eigenvalue weighted by molar-refractivity contribution is 5.96. The Morgan fingerprint density at radius 1 is 1.00 bits per heavy atom. The molecule has 2 aromatic heterocycles. The molecular formula is C21H22N4O3. The van der Waals surface area contributed by atoms with Crippen LogP contribution in [0.1, 0.15) is 26.4 Å². The Morgan fingerprint density at radius 2 is 1.71 bits per heavy atom. The maximum atomic E-state index is 12.7. The monoisotopic (exact) mass is 378 g/mol. The normalized spacial score (nSPS) is 15.0. The van der Waals surface area contributed by atoms with E-state index < -0.39 is 5.97 Å². The van der Waals surface area contributed by atoms with Gasteiger partial charge < -0.3 is 14.0 Å². The summed E-state index contributed by atoms with van der Waals surface area (Å²) in [6.45, 7) is 3.78. The van der Waals surface area contributed by atoms with Crippen LogP contribution in [0.2, 0.25) is 0 Å². The third kappa shape index (κ3) is 3.61. The second-order valence-corrected chi connectivity index (χ2v) is 6.82. The molecule has 1 fully saturated rings. The predicted molar refractivity (Wildman–Crippen MR) is 104 cm³/mol. The zero-order chi connectivity index (χ0) is 19.5. The van der Waals surface area contributed by atoms with Crippen molar-refractivity contribution in [1.29, 1.82) is 0 Å². The standard InChI is InChI=1S/C21H22N4O3/c1-28-21(27)17-7-5-16(6-8-17)20(26)24-12-10-23(11-13-24)15-18-14-22-19-4-2-3-9-25(18)19/h2-9,14H,10-13,15H2,1H3. The zero-order valence-electron chi connectivity index (χ0n) is 15.7. The lowest BCUT2D eigenvalue weighted by molar-refractivity contribution is 0.0595. The zero-order valence-corrected chi connectivity index (χ0v) is 15.7. The average Bonchev–Trinajstić information content (AvgIpc) is 3.16. The number of carbonyl (C=O) groups excluding carboxylic acids is 2. The lowest BCUT2D eigenvalue weighted by Gasteiger charge is -2.34. The quantitative estimate of drug-likeness (QED) is 0.651. The highest BCUT2D eigenvalue weighted by Crippen LogP contribution is 2.14. The molecular weight excluding hydrogens is 356 g/mol. The van der Waals surface area contributed by atoms with Gasteiger partial charge in [-0.25, -0.2) is 9.78 Å². The Labute approximate surface area is 163 Å². The predicted octanol–water partition coefficient (Wildman–Crippen LogP) is 2.08. The number of methoxy groups -OCH3 is 1. The second kappa shape index (κ2) is 7.82. The fourth-order valence-corrected chi connectivity index (χ4v) is 3.49. The molecule has 0 radical (unpaired) electrons. The van der Waals surface area contributed by atoms with Gasteiger partial charge in [-0.05, 0) is 36.4 Å². The van der Waals surface area contributed by atoms with Gasteiger partial charge in [0, 0.05) is 44.5 Å². The molecule has 1 aliphatic rings. The first-order valence-electron chi connectivity index (χ1n) is 9.26. The van der Waals surface area contributed by atoms with Crippen LogP contribution in [0, 0.1) is 0 Å². The summed E-state index contributed by atoms with van der Waals surface area (Å²) in [7, 11) is 1.34. The van der Waals surface area contributed by atoms with Crippen molar-refractivity contribution in [3.8, 4) is 0 Å². The van der Waals surface area contributed by atoms with Gasteiger partial charge in [-0.2, -0.15) is 0 Å². The topological polar surface area (TPSA) is 67.2 Å². The summed E-state index contributed by atoms with van der Waals surface area (Å²) in [5.74, 6) is -0.411. The van der Waals surface area contributed by atoms with Gasteiger partial charge in [-0.15, -0.1) is 0 Å². The number of esters is 1. The molecule has 144 valence electrons. The SMILES string of the molecule is COC(=O)c1ccc(C(=O)N2CCN(Cc3cnc4ccccn34)CC2)cc1. The van der Waals surface area contributed by atoms with Crippen molar-refractivity contribution >= 4 is 17.5 Å². The fraction of sp³-hybridized carbons (Fsp3) is 0.286. The fourth-order valence-electron chi connectivity index (χ4n) is 3.49. The van der Waals surface area contributed by atoms with Crippen LogP contribution in [0.5, 0.6) is 0 Å². The molecule has 0 atom stereocenters. The summed E-state index contributed by atoms with van der Waals surface area (Å²) in [6, 6.07) is 12.6. The molecule has 3 heterocycles. The number of piperazine rings is 1. The van der Waals surface area contributed by atoms with Crippen LogP contribution in [0.15, 0.2) is 54.9 Å². The van der Waals surface area contributed by atoms with Crippen molar-refractivity contribution in [2.24, 2.45) is 0 Å². The molecule has 0 N–H and O–H groups in total. The van der Waals surface area contributed by atoms with E-state index in [0.29, 0.717) is 24.2 Å². The number of aromatic nitrogens is 2. The van der Waals surface area contributed by atoms with Gasteiger partial charge >= 0.3 is 5.97 Å². The lowest BCUT2D eigenvalue weighted by atomic mass is 10.1. The molecule has 0 saturated carbocycles. The maximum absolute atomic E-state index is 12.7. The van der Waals surface area contributed by atoms with Crippen LogP contribution >= 0.6 is 0 Å². The number of carbonyl (C=O) groups is 2. The summed E-state index contributed by atoms with van der Waals surface area (Å²) < 4.78 is 6.79. The van der Waals surface area contributed by atoms with E-state index in [1.54, 1.807) is 24.3 Å². The molecule has 0 unspecified atom stereocenters. The number of pyridine rings is 1. The number of imidazole rings is 1. The first-order valence-corrected chi connectivity index (χ1v) is 9.26. The minimum absolute atomic E-state index is 0.00846. The largest absolute Gasteiger partial charge is 0.465 e. The highest BCUT2D eigenvalue weighted by Gasteiger charge is 2.23. The van der Waals surface area contributed by atoms with Crippen LogP contribution in [-0.2, 0) is 11.3 Å². The highest BCUT2D eigenvalue weighted by atomic mass is 16.5. The lowest BCUT2D eigenvalue weighted by Crippen LogP contribution is -2.48. The van der Waals surface area contributed by atoms with Gasteiger partial charge in [0.05, 0.1) is 24.6 Å². The van der Waals surface area contributed by atoms with Crippen molar-refractivity contribution in [2.45, 2.75) is 6.54 Å². The molecule has 0 spiro atoms. The molecule has 7 nitrogen and oxygen atoms in total. The molecule has 3 aromatic rings. The van der Waals surface area contributed by atoms with Crippen molar-refractivity contribution in [3.05, 3.63) is 71.7 Å². The Morgan fingerprint density at radius 3 is 2.43 bits per heavy atom. The van der Waals surface area contributed by atoms with Gasteiger partial charge in [-0.1, -0.05) is 6.07 Å². The number of fused-ring (bicyclic) bond motifs is 1. The van der Waals surface area contributed by atoms with Crippen molar-refractivity contribution in [1.82, 2.24) is 19.2 Å². The number of ether oxygens (including phenoxy) is 1. The van der Waals surface area contributed by atoms with Crippen LogP contribution in [0.3, 0.4) is 0 Å². The molecule has 28 heavy (non-hydrogen) atoms. The van der Waals surface area contributed by atoms with Crippen LogP contribution in [0.25, 0.3) is 5.65 Å².